The van der Waals surface area contributed by atoms with Gasteiger partial charge in [-0.25, -0.2) is 0 Å². The van der Waals surface area contributed by atoms with Crippen molar-refractivity contribution in [3.8, 4) is 0 Å². The van der Waals surface area contributed by atoms with Gasteiger partial charge in [-0.2, -0.15) is 0 Å². The monoisotopic (exact) mass is 236 g/mol. The topological polar surface area (TPSA) is 59.5 Å². The SMILES string of the molecule is NCCc1ccc(C(=O)N2CCCCCC2)o1. The van der Waals surface area contributed by atoms with E-state index in [1.165, 1.54) is 12.8 Å². The molecule has 1 aromatic heterocycles. The van der Waals surface area contributed by atoms with Crippen LogP contribution in [0.25, 0.3) is 0 Å². The molecule has 0 unspecified atom stereocenters. The van der Waals surface area contributed by atoms with E-state index in [0.717, 1.165) is 31.7 Å². The maximum absolute atomic E-state index is 12.2. The molecule has 2 heterocycles. The molecule has 1 saturated heterocycles. The van der Waals surface area contributed by atoms with E-state index in [0.29, 0.717) is 18.7 Å². The van der Waals surface area contributed by atoms with Gasteiger partial charge in [0.15, 0.2) is 5.76 Å². The van der Waals surface area contributed by atoms with Gasteiger partial charge >= 0.3 is 0 Å². The molecule has 4 nitrogen and oxygen atoms in total. The summed E-state index contributed by atoms with van der Waals surface area (Å²) in [6.45, 7) is 2.25. The highest BCUT2D eigenvalue weighted by Gasteiger charge is 2.19. The number of nitrogens with two attached hydrogens (primary N) is 1. The predicted octanol–water partition coefficient (Wildman–Crippen LogP) is 1.80. The van der Waals surface area contributed by atoms with Crippen LogP contribution >= 0.6 is 0 Å². The fourth-order valence-electron chi connectivity index (χ4n) is 2.20. The molecular weight excluding hydrogens is 216 g/mol. The number of rotatable bonds is 3. The van der Waals surface area contributed by atoms with E-state index in [4.69, 9.17) is 10.2 Å². The molecule has 1 fully saturated rings. The maximum Gasteiger partial charge on any atom is 0.289 e. The minimum atomic E-state index is 0.0233. The van der Waals surface area contributed by atoms with E-state index >= 15 is 0 Å². The van der Waals surface area contributed by atoms with Crippen molar-refractivity contribution in [2.24, 2.45) is 5.73 Å². The van der Waals surface area contributed by atoms with Gasteiger partial charge in [-0.3, -0.25) is 4.79 Å². The molecule has 1 aliphatic heterocycles. The second-order valence-electron chi connectivity index (χ2n) is 4.51. The first-order chi connectivity index (χ1) is 8.31. The van der Waals surface area contributed by atoms with Crippen molar-refractivity contribution in [2.75, 3.05) is 19.6 Å². The van der Waals surface area contributed by atoms with E-state index in [1.807, 2.05) is 11.0 Å². The van der Waals surface area contributed by atoms with Gasteiger partial charge in [-0.05, 0) is 31.5 Å². The molecule has 2 rings (SSSR count). The van der Waals surface area contributed by atoms with Crippen molar-refractivity contribution >= 4 is 5.91 Å². The van der Waals surface area contributed by atoms with Crippen LogP contribution in [0.3, 0.4) is 0 Å². The zero-order valence-electron chi connectivity index (χ0n) is 10.2. The number of hydrogen-bond acceptors (Lipinski definition) is 3. The molecule has 0 saturated carbocycles. The second kappa shape index (κ2) is 5.87. The normalized spacial score (nSPS) is 16.9. The summed E-state index contributed by atoms with van der Waals surface area (Å²) in [5, 5.41) is 0. The number of carbonyl (C=O) groups excluding carboxylic acids is 1. The molecule has 1 amide bonds. The van der Waals surface area contributed by atoms with Crippen molar-refractivity contribution in [1.29, 1.82) is 0 Å². The van der Waals surface area contributed by atoms with Crippen LogP contribution in [0.5, 0.6) is 0 Å². The molecule has 17 heavy (non-hydrogen) atoms. The molecule has 0 bridgehead atoms. The Balaban J connectivity index is 2.01. The summed E-state index contributed by atoms with van der Waals surface area (Å²) < 4.78 is 5.51. The van der Waals surface area contributed by atoms with E-state index in [2.05, 4.69) is 0 Å². The lowest BCUT2D eigenvalue weighted by atomic mass is 10.2. The first-order valence-electron chi connectivity index (χ1n) is 6.39. The van der Waals surface area contributed by atoms with Crippen molar-refractivity contribution in [3.63, 3.8) is 0 Å². The lowest BCUT2D eigenvalue weighted by molar-refractivity contribution is 0.0728. The van der Waals surface area contributed by atoms with Gasteiger partial charge in [0.25, 0.3) is 5.91 Å². The Bertz CT molecular complexity index is 365. The molecular formula is C13H20N2O2. The average Bonchev–Trinajstić information content (AvgIpc) is 2.64. The predicted molar refractivity (Wildman–Crippen MR) is 65.8 cm³/mol. The Labute approximate surface area is 102 Å². The summed E-state index contributed by atoms with van der Waals surface area (Å²) in [6, 6.07) is 3.61. The molecule has 0 spiro atoms. The summed E-state index contributed by atoms with van der Waals surface area (Å²) in [5.74, 6) is 1.27. The number of amides is 1. The van der Waals surface area contributed by atoms with E-state index in [9.17, 15) is 4.79 Å². The van der Waals surface area contributed by atoms with E-state index in [-0.39, 0.29) is 5.91 Å². The molecule has 1 aliphatic rings. The van der Waals surface area contributed by atoms with Gasteiger partial charge in [0, 0.05) is 19.5 Å². The Morgan fingerprint density at radius 1 is 1.24 bits per heavy atom. The number of nitrogens with zero attached hydrogens (tertiary/aromatic N) is 1. The molecule has 0 aliphatic carbocycles. The molecule has 1 aromatic rings. The number of carbonyl (C=O) groups is 1. The standard InChI is InChI=1S/C13H20N2O2/c14-8-7-11-5-6-12(17-11)13(16)15-9-3-1-2-4-10-15/h5-6H,1-4,7-10,14H2. The van der Waals surface area contributed by atoms with Gasteiger partial charge in [-0.15, -0.1) is 0 Å². The second-order valence-corrected chi connectivity index (χ2v) is 4.51. The van der Waals surface area contributed by atoms with Crippen LogP contribution in [0, 0.1) is 0 Å². The first-order valence-corrected chi connectivity index (χ1v) is 6.39. The van der Waals surface area contributed by atoms with Crippen molar-refractivity contribution < 1.29 is 9.21 Å². The summed E-state index contributed by atoms with van der Waals surface area (Å²) in [4.78, 5) is 14.1. The van der Waals surface area contributed by atoms with Gasteiger partial charge in [0.05, 0.1) is 0 Å². The number of furan rings is 1. The van der Waals surface area contributed by atoms with Crippen LogP contribution in [0.15, 0.2) is 16.5 Å². The highest BCUT2D eigenvalue weighted by molar-refractivity contribution is 5.91. The van der Waals surface area contributed by atoms with Gasteiger partial charge < -0.3 is 15.1 Å². The summed E-state index contributed by atoms with van der Waals surface area (Å²) >= 11 is 0. The molecule has 4 heteroatoms. The van der Waals surface area contributed by atoms with Gasteiger partial charge in [-0.1, -0.05) is 12.8 Å². The van der Waals surface area contributed by atoms with Crippen LogP contribution in [0.1, 0.15) is 42.0 Å². The van der Waals surface area contributed by atoms with Crippen LogP contribution < -0.4 is 5.73 Å². The zero-order valence-corrected chi connectivity index (χ0v) is 10.2. The third kappa shape index (κ3) is 3.09. The Kier molecular flexibility index (Phi) is 4.20. The van der Waals surface area contributed by atoms with Gasteiger partial charge in [0.1, 0.15) is 5.76 Å². The lowest BCUT2D eigenvalue weighted by Gasteiger charge is -2.18. The molecule has 2 N–H and O–H groups in total. The Morgan fingerprint density at radius 3 is 2.59 bits per heavy atom. The van der Waals surface area contributed by atoms with Crippen molar-refractivity contribution in [2.45, 2.75) is 32.1 Å². The average molecular weight is 236 g/mol. The number of hydrogen-bond donors (Lipinski definition) is 1. The molecule has 0 aromatic carbocycles. The van der Waals surface area contributed by atoms with Gasteiger partial charge in [0.2, 0.25) is 0 Å². The molecule has 0 atom stereocenters. The largest absolute Gasteiger partial charge is 0.456 e. The highest BCUT2D eigenvalue weighted by atomic mass is 16.4. The molecule has 0 radical (unpaired) electrons. The third-order valence-electron chi connectivity index (χ3n) is 3.16. The zero-order chi connectivity index (χ0) is 12.1. The fourth-order valence-corrected chi connectivity index (χ4v) is 2.20. The highest BCUT2D eigenvalue weighted by Crippen LogP contribution is 2.15. The lowest BCUT2D eigenvalue weighted by Crippen LogP contribution is -2.31. The molecule has 94 valence electrons. The maximum atomic E-state index is 12.2. The summed E-state index contributed by atoms with van der Waals surface area (Å²) in [6.07, 6.45) is 5.33. The first kappa shape index (κ1) is 12.2. The van der Waals surface area contributed by atoms with Crippen molar-refractivity contribution in [3.05, 3.63) is 23.7 Å². The number of likely N-dealkylation sites (tertiary alicyclic amines) is 1. The van der Waals surface area contributed by atoms with Crippen molar-refractivity contribution in [1.82, 2.24) is 4.90 Å². The Hall–Kier alpha value is -1.29. The Morgan fingerprint density at radius 2 is 1.94 bits per heavy atom. The summed E-state index contributed by atoms with van der Waals surface area (Å²) in [5.41, 5.74) is 5.45. The van der Waals surface area contributed by atoms with Crippen LogP contribution in [-0.2, 0) is 6.42 Å². The minimum absolute atomic E-state index is 0.0233. The smallest absolute Gasteiger partial charge is 0.289 e. The quantitative estimate of drug-likeness (QED) is 0.870. The third-order valence-corrected chi connectivity index (χ3v) is 3.16. The fraction of sp³-hybridized carbons (Fsp3) is 0.615. The van der Waals surface area contributed by atoms with E-state index in [1.54, 1.807) is 6.07 Å². The summed E-state index contributed by atoms with van der Waals surface area (Å²) in [7, 11) is 0. The van der Waals surface area contributed by atoms with Crippen LogP contribution in [-0.4, -0.2) is 30.4 Å². The van der Waals surface area contributed by atoms with Crippen LogP contribution in [0.2, 0.25) is 0 Å². The van der Waals surface area contributed by atoms with E-state index < -0.39 is 0 Å². The van der Waals surface area contributed by atoms with Crippen LogP contribution in [0.4, 0.5) is 0 Å². The minimum Gasteiger partial charge on any atom is -0.456 e.